The number of aromatic nitrogens is 1. The van der Waals surface area contributed by atoms with Crippen LogP contribution in [0.3, 0.4) is 0 Å². The number of nitrogens with one attached hydrogen (secondary N) is 1. The second-order valence-corrected chi connectivity index (χ2v) is 4.67. The van der Waals surface area contributed by atoms with Crippen molar-refractivity contribution in [1.82, 2.24) is 4.98 Å². The maximum atomic E-state index is 11.8. The molecular formula is C12H19NO4. The molecule has 0 aromatic carbocycles. The minimum atomic E-state index is -0.798. The molecule has 0 fully saturated rings. The Kier molecular flexibility index (Phi) is 4.31. The number of hydrogen-bond acceptors (Lipinski definition) is 4. The average Bonchev–Trinajstić information content (AvgIpc) is 2.66. The van der Waals surface area contributed by atoms with Gasteiger partial charge in [-0.05, 0) is 19.4 Å². The Morgan fingerprint density at radius 1 is 1.41 bits per heavy atom. The number of H-pyrrole nitrogens is 1. The number of esters is 1. The van der Waals surface area contributed by atoms with Gasteiger partial charge in [0.05, 0.1) is 18.8 Å². The third-order valence-corrected chi connectivity index (χ3v) is 2.79. The Morgan fingerprint density at radius 2 is 2.00 bits per heavy atom. The molecule has 1 rings (SSSR count). The summed E-state index contributed by atoms with van der Waals surface area (Å²) >= 11 is 0. The van der Waals surface area contributed by atoms with Crippen LogP contribution in [0.5, 0.6) is 0 Å². The molecule has 0 unspecified atom stereocenters. The van der Waals surface area contributed by atoms with Crippen LogP contribution in [0, 0.1) is 19.3 Å². The lowest BCUT2D eigenvalue weighted by Gasteiger charge is -2.23. The van der Waals surface area contributed by atoms with Gasteiger partial charge >= 0.3 is 5.97 Å². The summed E-state index contributed by atoms with van der Waals surface area (Å²) < 4.78 is 5.12. The summed E-state index contributed by atoms with van der Waals surface area (Å²) in [6.45, 7) is 4.78. The monoisotopic (exact) mass is 241 g/mol. The molecule has 3 N–H and O–H groups in total. The van der Waals surface area contributed by atoms with Crippen LogP contribution in [0.2, 0.25) is 0 Å². The predicted octanol–water partition coefficient (Wildman–Crippen LogP) is 0.779. The van der Waals surface area contributed by atoms with Crippen LogP contribution < -0.4 is 0 Å². The van der Waals surface area contributed by atoms with Gasteiger partial charge in [0.1, 0.15) is 6.61 Å². The molecule has 0 saturated carbocycles. The Labute approximate surface area is 100 Å². The van der Waals surface area contributed by atoms with Crippen molar-refractivity contribution in [2.45, 2.75) is 20.8 Å². The maximum Gasteiger partial charge on any atom is 0.340 e. The highest BCUT2D eigenvalue weighted by Crippen LogP contribution is 2.18. The van der Waals surface area contributed by atoms with E-state index in [1.165, 1.54) is 0 Å². The first-order chi connectivity index (χ1) is 7.93. The smallest absolute Gasteiger partial charge is 0.340 e. The van der Waals surface area contributed by atoms with E-state index < -0.39 is 11.4 Å². The van der Waals surface area contributed by atoms with E-state index in [0.717, 1.165) is 11.3 Å². The van der Waals surface area contributed by atoms with E-state index in [9.17, 15) is 4.79 Å². The lowest BCUT2D eigenvalue weighted by Crippen LogP contribution is -2.32. The highest BCUT2D eigenvalue weighted by atomic mass is 16.5. The Morgan fingerprint density at radius 3 is 2.41 bits per heavy atom. The van der Waals surface area contributed by atoms with Gasteiger partial charge in [0.15, 0.2) is 0 Å². The first-order valence-corrected chi connectivity index (χ1v) is 5.47. The molecule has 0 aliphatic carbocycles. The van der Waals surface area contributed by atoms with E-state index in [1.807, 2.05) is 6.92 Å². The summed E-state index contributed by atoms with van der Waals surface area (Å²) in [6, 6.07) is 0. The average molecular weight is 241 g/mol. The highest BCUT2D eigenvalue weighted by molar-refractivity contribution is 5.92. The molecule has 1 heterocycles. The van der Waals surface area contributed by atoms with Crippen LogP contribution in [0.4, 0.5) is 0 Å². The van der Waals surface area contributed by atoms with Gasteiger partial charge in [-0.3, -0.25) is 0 Å². The third-order valence-electron chi connectivity index (χ3n) is 2.79. The molecular weight excluding hydrogens is 222 g/mol. The molecule has 1 aromatic rings. The van der Waals surface area contributed by atoms with Crippen LogP contribution >= 0.6 is 0 Å². The number of hydrogen-bond donors (Lipinski definition) is 3. The molecule has 17 heavy (non-hydrogen) atoms. The fraction of sp³-hybridized carbons (Fsp3) is 0.583. The molecule has 0 amide bonds. The third kappa shape index (κ3) is 3.08. The summed E-state index contributed by atoms with van der Waals surface area (Å²) in [5, 5.41) is 18.2. The summed E-state index contributed by atoms with van der Waals surface area (Å²) in [7, 11) is 0. The zero-order valence-corrected chi connectivity index (χ0v) is 10.4. The van der Waals surface area contributed by atoms with Gasteiger partial charge in [-0.2, -0.15) is 0 Å². The first kappa shape index (κ1) is 13.7. The van der Waals surface area contributed by atoms with Crippen LogP contribution in [0.1, 0.15) is 28.5 Å². The van der Waals surface area contributed by atoms with E-state index in [1.54, 1.807) is 20.0 Å². The molecule has 0 bridgehead atoms. The van der Waals surface area contributed by atoms with Crippen molar-refractivity contribution in [3.8, 4) is 0 Å². The van der Waals surface area contributed by atoms with Crippen molar-refractivity contribution in [2.24, 2.45) is 5.41 Å². The van der Waals surface area contributed by atoms with E-state index >= 15 is 0 Å². The van der Waals surface area contributed by atoms with Crippen molar-refractivity contribution in [2.75, 3.05) is 19.8 Å². The molecule has 5 heteroatoms. The van der Waals surface area contributed by atoms with E-state index in [2.05, 4.69) is 4.98 Å². The molecule has 0 radical (unpaired) electrons. The van der Waals surface area contributed by atoms with E-state index in [4.69, 9.17) is 14.9 Å². The topological polar surface area (TPSA) is 82.6 Å². The molecule has 0 saturated heterocycles. The van der Waals surface area contributed by atoms with Crippen molar-refractivity contribution in [1.29, 1.82) is 0 Å². The van der Waals surface area contributed by atoms with E-state index in [0.29, 0.717) is 5.56 Å². The number of carbonyl (C=O) groups excluding carboxylic acids is 1. The quantitative estimate of drug-likeness (QED) is 0.665. The zero-order valence-electron chi connectivity index (χ0n) is 10.4. The van der Waals surface area contributed by atoms with Gasteiger partial charge < -0.3 is 19.9 Å². The van der Waals surface area contributed by atoms with Gasteiger partial charge in [0, 0.05) is 17.3 Å². The number of ether oxygens (including phenoxy) is 1. The number of carbonyl (C=O) groups is 1. The van der Waals surface area contributed by atoms with E-state index in [-0.39, 0.29) is 19.8 Å². The number of aryl methyl sites for hydroxylation is 2. The lowest BCUT2D eigenvalue weighted by atomic mass is 9.94. The molecule has 0 atom stereocenters. The molecule has 0 aliphatic heterocycles. The molecule has 96 valence electrons. The lowest BCUT2D eigenvalue weighted by molar-refractivity contribution is -0.00634. The number of aromatic amines is 1. The normalized spacial score (nSPS) is 11.6. The van der Waals surface area contributed by atoms with Crippen LogP contribution in [0.15, 0.2) is 6.20 Å². The number of aliphatic hydroxyl groups is 2. The van der Waals surface area contributed by atoms with Crippen molar-refractivity contribution >= 4 is 5.97 Å². The van der Waals surface area contributed by atoms with Gasteiger partial charge in [-0.25, -0.2) is 4.79 Å². The molecule has 0 spiro atoms. The van der Waals surface area contributed by atoms with Crippen LogP contribution in [-0.2, 0) is 4.74 Å². The van der Waals surface area contributed by atoms with Crippen molar-refractivity contribution in [3.05, 3.63) is 23.0 Å². The van der Waals surface area contributed by atoms with Crippen LogP contribution in [0.25, 0.3) is 0 Å². The fourth-order valence-corrected chi connectivity index (χ4v) is 1.42. The largest absolute Gasteiger partial charge is 0.461 e. The van der Waals surface area contributed by atoms with Crippen molar-refractivity contribution in [3.63, 3.8) is 0 Å². The predicted molar refractivity (Wildman–Crippen MR) is 62.8 cm³/mol. The number of rotatable bonds is 5. The second kappa shape index (κ2) is 5.33. The minimum absolute atomic E-state index is 0.0110. The minimum Gasteiger partial charge on any atom is -0.461 e. The highest BCUT2D eigenvalue weighted by Gasteiger charge is 2.26. The van der Waals surface area contributed by atoms with Crippen LogP contribution in [-0.4, -0.2) is 41.0 Å². The Balaban J connectivity index is 2.68. The zero-order chi connectivity index (χ0) is 13.1. The standard InChI is InChI=1S/C12H19NO4/c1-8-4-13-9(2)10(8)11(16)17-7-12(3,5-14)6-15/h4,13-15H,5-7H2,1-3H3. The van der Waals surface area contributed by atoms with Gasteiger partial charge in [0.2, 0.25) is 0 Å². The molecule has 0 aliphatic rings. The van der Waals surface area contributed by atoms with Crippen molar-refractivity contribution < 1.29 is 19.7 Å². The number of aliphatic hydroxyl groups excluding tert-OH is 2. The summed E-state index contributed by atoms with van der Waals surface area (Å²) in [4.78, 5) is 14.8. The summed E-state index contributed by atoms with van der Waals surface area (Å²) in [6.07, 6.45) is 1.74. The summed E-state index contributed by atoms with van der Waals surface area (Å²) in [5.74, 6) is -0.436. The maximum absolute atomic E-state index is 11.8. The van der Waals surface area contributed by atoms with Gasteiger partial charge in [-0.15, -0.1) is 0 Å². The SMILES string of the molecule is Cc1c[nH]c(C)c1C(=O)OCC(C)(CO)CO. The Hall–Kier alpha value is -1.33. The van der Waals surface area contributed by atoms with Gasteiger partial charge in [-0.1, -0.05) is 6.92 Å². The molecule has 1 aromatic heterocycles. The first-order valence-electron chi connectivity index (χ1n) is 5.47. The Bertz CT molecular complexity index is 374. The molecule has 5 nitrogen and oxygen atoms in total. The van der Waals surface area contributed by atoms with Gasteiger partial charge in [0.25, 0.3) is 0 Å². The summed E-state index contributed by atoms with van der Waals surface area (Å²) in [5.41, 5.74) is 1.29. The fourth-order valence-electron chi connectivity index (χ4n) is 1.42. The second-order valence-electron chi connectivity index (χ2n) is 4.67.